The Morgan fingerprint density at radius 2 is 1.83 bits per heavy atom. The Bertz CT molecular complexity index is 1000. The first-order valence-corrected chi connectivity index (χ1v) is 9.95. The number of hydrogen-bond acceptors (Lipinski definition) is 4. The van der Waals surface area contributed by atoms with Gasteiger partial charge in [-0.3, -0.25) is 9.59 Å². The molecule has 1 fully saturated rings. The van der Waals surface area contributed by atoms with Crippen molar-refractivity contribution in [3.63, 3.8) is 0 Å². The summed E-state index contributed by atoms with van der Waals surface area (Å²) in [6.45, 7) is 3.57. The number of likely N-dealkylation sites (tertiary alicyclic amines) is 1. The van der Waals surface area contributed by atoms with Crippen LogP contribution in [-0.4, -0.2) is 42.5 Å². The molecule has 150 valence electrons. The van der Waals surface area contributed by atoms with Gasteiger partial charge in [-0.25, -0.2) is 0 Å². The Hall–Kier alpha value is -3.28. The molecular formula is C23H24N2O4. The highest BCUT2D eigenvalue weighted by atomic mass is 16.5. The average Bonchev–Trinajstić information content (AvgIpc) is 3.28. The van der Waals surface area contributed by atoms with Crippen LogP contribution in [0.2, 0.25) is 0 Å². The lowest BCUT2D eigenvalue weighted by Crippen LogP contribution is -2.46. The Morgan fingerprint density at radius 1 is 1.10 bits per heavy atom. The van der Waals surface area contributed by atoms with Crippen molar-refractivity contribution in [3.8, 4) is 5.75 Å². The van der Waals surface area contributed by atoms with E-state index < -0.39 is 0 Å². The van der Waals surface area contributed by atoms with Crippen molar-refractivity contribution >= 4 is 22.6 Å². The predicted molar refractivity (Wildman–Crippen MR) is 110 cm³/mol. The lowest BCUT2D eigenvalue weighted by Gasteiger charge is -2.32. The molecule has 6 nitrogen and oxygen atoms in total. The molecule has 2 heterocycles. The summed E-state index contributed by atoms with van der Waals surface area (Å²) in [6.07, 6.45) is 2.91. The molecule has 3 aromatic rings. The van der Waals surface area contributed by atoms with E-state index in [-0.39, 0.29) is 17.9 Å². The maximum absolute atomic E-state index is 13.0. The van der Waals surface area contributed by atoms with E-state index >= 15 is 0 Å². The maximum atomic E-state index is 13.0. The topological polar surface area (TPSA) is 71.8 Å². The summed E-state index contributed by atoms with van der Waals surface area (Å²) in [5, 5.41) is 5.15. The molecule has 1 aliphatic rings. The van der Waals surface area contributed by atoms with E-state index in [1.165, 1.54) is 6.26 Å². The van der Waals surface area contributed by atoms with Crippen LogP contribution in [0.3, 0.4) is 0 Å². The van der Waals surface area contributed by atoms with Gasteiger partial charge in [-0.2, -0.15) is 0 Å². The highest BCUT2D eigenvalue weighted by Gasteiger charge is 2.26. The van der Waals surface area contributed by atoms with Crippen LogP contribution in [0, 0.1) is 0 Å². The fourth-order valence-electron chi connectivity index (χ4n) is 3.72. The molecule has 2 amide bonds. The summed E-state index contributed by atoms with van der Waals surface area (Å²) in [5.74, 6) is 0.696. The fourth-order valence-corrected chi connectivity index (χ4v) is 3.72. The third-order valence-corrected chi connectivity index (χ3v) is 5.24. The molecule has 6 heteroatoms. The van der Waals surface area contributed by atoms with Gasteiger partial charge in [0, 0.05) is 19.1 Å². The highest BCUT2D eigenvalue weighted by molar-refractivity contribution is 6.01. The van der Waals surface area contributed by atoms with Crippen LogP contribution in [0.15, 0.2) is 59.2 Å². The second-order valence-corrected chi connectivity index (χ2v) is 7.15. The fraction of sp³-hybridized carbons (Fsp3) is 0.304. The molecule has 2 aromatic carbocycles. The van der Waals surface area contributed by atoms with Gasteiger partial charge in [0.25, 0.3) is 11.8 Å². The van der Waals surface area contributed by atoms with E-state index in [4.69, 9.17) is 9.15 Å². The number of amides is 2. The van der Waals surface area contributed by atoms with Crippen LogP contribution >= 0.6 is 0 Å². The van der Waals surface area contributed by atoms with Gasteiger partial charge in [-0.1, -0.05) is 24.3 Å². The number of fused-ring (bicyclic) bond motifs is 1. The summed E-state index contributed by atoms with van der Waals surface area (Å²) in [5.41, 5.74) is 0.541. The zero-order valence-corrected chi connectivity index (χ0v) is 16.4. The van der Waals surface area contributed by atoms with Crippen molar-refractivity contribution in [1.29, 1.82) is 0 Å². The van der Waals surface area contributed by atoms with Crippen LogP contribution in [0.1, 0.15) is 40.7 Å². The van der Waals surface area contributed by atoms with E-state index in [2.05, 4.69) is 5.32 Å². The Morgan fingerprint density at radius 3 is 2.48 bits per heavy atom. The minimum Gasteiger partial charge on any atom is -0.493 e. The molecule has 4 rings (SSSR count). The molecule has 0 saturated carbocycles. The quantitative estimate of drug-likeness (QED) is 0.716. The van der Waals surface area contributed by atoms with E-state index in [0.717, 1.165) is 10.8 Å². The van der Waals surface area contributed by atoms with Gasteiger partial charge in [0.2, 0.25) is 0 Å². The number of carbonyl (C=O) groups is 2. The number of piperidine rings is 1. The summed E-state index contributed by atoms with van der Waals surface area (Å²) < 4.78 is 10.9. The van der Waals surface area contributed by atoms with Gasteiger partial charge in [-0.15, -0.1) is 0 Å². The zero-order valence-electron chi connectivity index (χ0n) is 16.4. The molecule has 0 radical (unpaired) electrons. The first kappa shape index (κ1) is 19.1. The van der Waals surface area contributed by atoms with Crippen LogP contribution in [-0.2, 0) is 0 Å². The molecule has 1 saturated heterocycles. The lowest BCUT2D eigenvalue weighted by molar-refractivity contribution is 0.0667. The molecule has 0 spiro atoms. The van der Waals surface area contributed by atoms with Crippen LogP contribution in [0.25, 0.3) is 10.8 Å². The molecular weight excluding hydrogens is 368 g/mol. The van der Waals surface area contributed by atoms with Crippen LogP contribution in [0.5, 0.6) is 5.75 Å². The second-order valence-electron chi connectivity index (χ2n) is 7.15. The van der Waals surface area contributed by atoms with Gasteiger partial charge in [0.05, 0.1) is 18.4 Å². The molecule has 0 aliphatic carbocycles. The van der Waals surface area contributed by atoms with Gasteiger partial charge in [-0.05, 0) is 54.8 Å². The van der Waals surface area contributed by atoms with Gasteiger partial charge < -0.3 is 19.4 Å². The van der Waals surface area contributed by atoms with Gasteiger partial charge in [0.1, 0.15) is 5.75 Å². The largest absolute Gasteiger partial charge is 0.493 e. The van der Waals surface area contributed by atoms with Gasteiger partial charge >= 0.3 is 0 Å². The summed E-state index contributed by atoms with van der Waals surface area (Å²) >= 11 is 0. The minimum absolute atomic E-state index is 0.0177. The number of carbonyl (C=O) groups excluding carboxylic acids is 2. The highest BCUT2D eigenvalue weighted by Crippen LogP contribution is 2.27. The Labute approximate surface area is 169 Å². The smallest absolute Gasteiger partial charge is 0.289 e. The molecule has 29 heavy (non-hydrogen) atoms. The first-order valence-electron chi connectivity index (χ1n) is 9.95. The molecule has 0 unspecified atom stereocenters. The third-order valence-electron chi connectivity index (χ3n) is 5.24. The summed E-state index contributed by atoms with van der Waals surface area (Å²) in [4.78, 5) is 27.1. The zero-order chi connectivity index (χ0) is 20.2. The molecule has 1 aliphatic heterocycles. The molecule has 1 aromatic heterocycles. The first-order chi connectivity index (χ1) is 14.2. The van der Waals surface area contributed by atoms with Crippen LogP contribution < -0.4 is 10.1 Å². The van der Waals surface area contributed by atoms with Crippen molar-refractivity contribution in [2.24, 2.45) is 0 Å². The second kappa shape index (κ2) is 8.39. The SMILES string of the molecule is CCOc1cc2ccccc2cc1C(=O)NC1CCN(C(=O)c2ccco2)CC1. The number of nitrogens with one attached hydrogen (secondary N) is 1. The third kappa shape index (κ3) is 4.11. The van der Waals surface area contributed by atoms with Crippen molar-refractivity contribution in [1.82, 2.24) is 10.2 Å². The maximum Gasteiger partial charge on any atom is 0.289 e. The monoisotopic (exact) mass is 392 g/mol. The molecule has 0 atom stereocenters. The summed E-state index contributed by atoms with van der Waals surface area (Å²) in [7, 11) is 0. The average molecular weight is 392 g/mol. The van der Waals surface area contributed by atoms with Crippen molar-refractivity contribution in [2.75, 3.05) is 19.7 Å². The number of rotatable bonds is 5. The van der Waals surface area contributed by atoms with Crippen molar-refractivity contribution in [3.05, 3.63) is 66.1 Å². The number of benzene rings is 2. The van der Waals surface area contributed by atoms with Crippen LogP contribution in [0.4, 0.5) is 0 Å². The number of nitrogens with zero attached hydrogens (tertiary/aromatic N) is 1. The standard InChI is InChI=1S/C23H24N2O4/c1-2-28-21-15-17-7-4-3-6-16(17)14-19(21)22(26)24-18-9-11-25(12-10-18)23(27)20-8-5-13-29-20/h3-8,13-15,18H,2,9-12H2,1H3,(H,24,26). The Balaban J connectivity index is 1.43. The van der Waals surface area contributed by atoms with E-state index in [9.17, 15) is 9.59 Å². The predicted octanol–water partition coefficient (Wildman–Crippen LogP) is 3.87. The van der Waals surface area contributed by atoms with E-state index in [0.29, 0.717) is 49.6 Å². The minimum atomic E-state index is -0.144. The van der Waals surface area contributed by atoms with E-state index in [1.807, 2.05) is 43.3 Å². The molecule has 0 bridgehead atoms. The normalized spacial score (nSPS) is 14.7. The summed E-state index contributed by atoms with van der Waals surface area (Å²) in [6, 6.07) is 15.1. The van der Waals surface area contributed by atoms with Crippen molar-refractivity contribution in [2.45, 2.75) is 25.8 Å². The lowest BCUT2D eigenvalue weighted by atomic mass is 10.0. The number of hydrogen-bond donors (Lipinski definition) is 1. The number of ether oxygens (including phenoxy) is 1. The van der Waals surface area contributed by atoms with E-state index in [1.54, 1.807) is 17.0 Å². The van der Waals surface area contributed by atoms with Gasteiger partial charge in [0.15, 0.2) is 5.76 Å². The van der Waals surface area contributed by atoms with Crippen molar-refractivity contribution < 1.29 is 18.7 Å². The molecule has 1 N–H and O–H groups in total. The Kier molecular flexibility index (Phi) is 5.51. The number of furan rings is 1.